The van der Waals surface area contributed by atoms with E-state index in [1.165, 1.54) is 0 Å². The number of carbonyl (C=O) groups is 1. The van der Waals surface area contributed by atoms with E-state index in [9.17, 15) is 9.59 Å². The van der Waals surface area contributed by atoms with Crippen molar-refractivity contribution in [3.63, 3.8) is 0 Å². The highest BCUT2D eigenvalue weighted by Gasteiger charge is 2.26. The van der Waals surface area contributed by atoms with Crippen LogP contribution >= 0.6 is 0 Å². The van der Waals surface area contributed by atoms with Crippen molar-refractivity contribution in [2.75, 3.05) is 0 Å². The number of rotatable bonds is 2. The summed E-state index contributed by atoms with van der Waals surface area (Å²) in [5, 5.41) is 0.359. The number of carbonyl (C=O) groups excluding carboxylic acids is 1. The maximum Gasteiger partial charge on any atom is 0.346 e. The Morgan fingerprint density at radius 1 is 0.958 bits per heavy atom. The maximum atomic E-state index is 12.9. The lowest BCUT2D eigenvalue weighted by molar-refractivity contribution is 0.00675. The van der Waals surface area contributed by atoms with Crippen molar-refractivity contribution in [3.8, 4) is 11.3 Å². The van der Waals surface area contributed by atoms with Gasteiger partial charge in [-0.2, -0.15) is 0 Å². The first kappa shape index (κ1) is 16.0. The molecule has 3 rings (SSSR count). The molecule has 122 valence electrons. The Morgan fingerprint density at radius 2 is 1.58 bits per heavy atom. The maximum absolute atomic E-state index is 12.9. The number of hydrogen-bond acceptors (Lipinski definition) is 4. The summed E-state index contributed by atoms with van der Waals surface area (Å²) in [5.74, 6) is -0.450. The molecular weight excluding hydrogens is 304 g/mol. The third-order valence-corrected chi connectivity index (χ3v) is 3.44. The lowest BCUT2D eigenvalue weighted by atomic mass is 10.0. The molecule has 3 aromatic rings. The molecule has 0 aliphatic rings. The Balaban J connectivity index is 2.30. The molecule has 4 nitrogen and oxygen atoms in total. The van der Waals surface area contributed by atoms with Gasteiger partial charge in [0.05, 0.1) is 5.39 Å². The first-order chi connectivity index (χ1) is 11.4. The van der Waals surface area contributed by atoms with Crippen LogP contribution in [-0.4, -0.2) is 11.6 Å². The van der Waals surface area contributed by atoms with Crippen LogP contribution in [0, 0.1) is 0 Å². The van der Waals surface area contributed by atoms with Gasteiger partial charge in [-0.3, -0.25) is 4.79 Å². The van der Waals surface area contributed by atoms with E-state index in [1.807, 2.05) is 18.2 Å². The molecule has 0 bridgehead atoms. The average molecular weight is 322 g/mol. The molecule has 0 spiro atoms. The molecule has 0 fully saturated rings. The van der Waals surface area contributed by atoms with Gasteiger partial charge in [-0.05, 0) is 32.9 Å². The summed E-state index contributed by atoms with van der Waals surface area (Å²) in [6.07, 6.45) is 0. The van der Waals surface area contributed by atoms with Crippen molar-refractivity contribution in [2.24, 2.45) is 0 Å². The molecule has 0 N–H and O–H groups in total. The lowest BCUT2D eigenvalue weighted by Gasteiger charge is -2.20. The van der Waals surface area contributed by atoms with Crippen molar-refractivity contribution in [1.29, 1.82) is 0 Å². The second kappa shape index (κ2) is 5.96. The van der Waals surface area contributed by atoms with Gasteiger partial charge in [0.15, 0.2) is 11.3 Å². The van der Waals surface area contributed by atoms with E-state index in [1.54, 1.807) is 57.2 Å². The van der Waals surface area contributed by atoms with Crippen LogP contribution in [0.15, 0.2) is 63.8 Å². The van der Waals surface area contributed by atoms with Gasteiger partial charge >= 0.3 is 5.97 Å². The highest BCUT2D eigenvalue weighted by molar-refractivity contribution is 5.99. The fourth-order valence-corrected chi connectivity index (χ4v) is 2.45. The van der Waals surface area contributed by atoms with Crippen LogP contribution in [0.2, 0.25) is 0 Å². The number of esters is 1. The standard InChI is InChI=1S/C20H18O4/c1-20(2,3)24-19(22)16-17(21)14-11-7-8-12-15(14)23-18(16)13-9-5-4-6-10-13/h4-12H,1-3H3. The molecule has 1 heterocycles. The Hall–Kier alpha value is -2.88. The van der Waals surface area contributed by atoms with Gasteiger partial charge in [-0.1, -0.05) is 42.5 Å². The largest absolute Gasteiger partial charge is 0.456 e. The predicted molar refractivity (Wildman–Crippen MR) is 93.1 cm³/mol. The number of benzene rings is 2. The summed E-state index contributed by atoms with van der Waals surface area (Å²) in [6.45, 7) is 5.28. The highest BCUT2D eigenvalue weighted by atomic mass is 16.6. The second-order valence-corrected chi connectivity index (χ2v) is 6.50. The Bertz CT molecular complexity index is 947. The van der Waals surface area contributed by atoms with Crippen LogP contribution in [0.1, 0.15) is 31.1 Å². The van der Waals surface area contributed by atoms with Crippen molar-refractivity contribution in [3.05, 3.63) is 70.4 Å². The van der Waals surface area contributed by atoms with Crippen molar-refractivity contribution >= 4 is 16.9 Å². The molecule has 2 aromatic carbocycles. The minimum absolute atomic E-state index is 0.0742. The molecule has 1 aromatic heterocycles. The summed E-state index contributed by atoms with van der Waals surface area (Å²) in [6, 6.07) is 16.0. The first-order valence-electron chi connectivity index (χ1n) is 7.71. The Labute approximate surface area is 139 Å². The third kappa shape index (κ3) is 3.08. The average Bonchev–Trinajstić information content (AvgIpc) is 2.54. The number of fused-ring (bicyclic) bond motifs is 1. The van der Waals surface area contributed by atoms with Crippen LogP contribution in [0.5, 0.6) is 0 Å². The van der Waals surface area contributed by atoms with E-state index >= 15 is 0 Å². The SMILES string of the molecule is CC(C)(C)OC(=O)c1c(-c2ccccc2)oc2ccccc2c1=O. The normalized spacial score (nSPS) is 11.5. The Morgan fingerprint density at radius 3 is 2.25 bits per heavy atom. The monoisotopic (exact) mass is 322 g/mol. The predicted octanol–water partition coefficient (Wildman–Crippen LogP) is 4.42. The van der Waals surface area contributed by atoms with Crippen molar-refractivity contribution < 1.29 is 13.9 Å². The van der Waals surface area contributed by atoms with Gasteiger partial charge in [-0.25, -0.2) is 4.79 Å². The fraction of sp³-hybridized carbons (Fsp3) is 0.200. The van der Waals surface area contributed by atoms with E-state index in [0.717, 1.165) is 0 Å². The molecule has 0 aliphatic carbocycles. The van der Waals surface area contributed by atoms with Gasteiger partial charge in [0.25, 0.3) is 0 Å². The summed E-state index contributed by atoms with van der Waals surface area (Å²) in [7, 11) is 0. The van der Waals surface area contributed by atoms with E-state index in [0.29, 0.717) is 16.5 Å². The zero-order valence-electron chi connectivity index (χ0n) is 13.8. The summed E-state index contributed by atoms with van der Waals surface area (Å²) >= 11 is 0. The van der Waals surface area contributed by atoms with Gasteiger partial charge in [-0.15, -0.1) is 0 Å². The minimum atomic E-state index is -0.705. The molecule has 0 unspecified atom stereocenters. The molecule has 0 atom stereocenters. The molecule has 0 radical (unpaired) electrons. The van der Waals surface area contributed by atoms with Crippen molar-refractivity contribution in [2.45, 2.75) is 26.4 Å². The summed E-state index contributed by atoms with van der Waals surface area (Å²) in [4.78, 5) is 25.5. The van der Waals surface area contributed by atoms with Crippen LogP contribution < -0.4 is 5.43 Å². The van der Waals surface area contributed by atoms with E-state index in [-0.39, 0.29) is 16.8 Å². The molecule has 0 saturated carbocycles. The zero-order chi connectivity index (χ0) is 17.3. The van der Waals surface area contributed by atoms with Gasteiger partial charge in [0, 0.05) is 5.56 Å². The van der Waals surface area contributed by atoms with Gasteiger partial charge in [0.2, 0.25) is 5.43 Å². The van der Waals surface area contributed by atoms with Crippen LogP contribution in [-0.2, 0) is 4.74 Å². The fourth-order valence-electron chi connectivity index (χ4n) is 2.45. The first-order valence-corrected chi connectivity index (χ1v) is 7.71. The lowest BCUT2D eigenvalue weighted by Crippen LogP contribution is -2.28. The van der Waals surface area contributed by atoms with Gasteiger partial charge in [0.1, 0.15) is 11.2 Å². The van der Waals surface area contributed by atoms with Crippen LogP contribution in [0.4, 0.5) is 0 Å². The van der Waals surface area contributed by atoms with E-state index in [2.05, 4.69) is 0 Å². The second-order valence-electron chi connectivity index (χ2n) is 6.50. The number of para-hydroxylation sites is 1. The molecule has 4 heteroatoms. The van der Waals surface area contributed by atoms with Crippen LogP contribution in [0.3, 0.4) is 0 Å². The summed E-state index contributed by atoms with van der Waals surface area (Å²) < 4.78 is 11.3. The molecule has 0 aliphatic heterocycles. The van der Waals surface area contributed by atoms with E-state index < -0.39 is 11.6 Å². The van der Waals surface area contributed by atoms with Gasteiger partial charge < -0.3 is 9.15 Å². The summed E-state index contributed by atoms with van der Waals surface area (Å²) in [5.41, 5.74) is -0.0713. The Kier molecular flexibility index (Phi) is 3.97. The number of ether oxygens (including phenoxy) is 1. The topological polar surface area (TPSA) is 56.5 Å². The minimum Gasteiger partial charge on any atom is -0.456 e. The zero-order valence-corrected chi connectivity index (χ0v) is 13.8. The van der Waals surface area contributed by atoms with Crippen LogP contribution in [0.25, 0.3) is 22.3 Å². The number of hydrogen-bond donors (Lipinski definition) is 0. The molecule has 0 amide bonds. The van der Waals surface area contributed by atoms with Crippen molar-refractivity contribution in [1.82, 2.24) is 0 Å². The molecule has 0 saturated heterocycles. The quantitative estimate of drug-likeness (QED) is 0.656. The van der Waals surface area contributed by atoms with E-state index in [4.69, 9.17) is 9.15 Å². The highest BCUT2D eigenvalue weighted by Crippen LogP contribution is 2.27. The smallest absolute Gasteiger partial charge is 0.346 e. The molecule has 24 heavy (non-hydrogen) atoms. The molecular formula is C20H18O4. The third-order valence-electron chi connectivity index (χ3n) is 3.44.